The smallest absolute Gasteiger partial charge is 0.260 e. The van der Waals surface area contributed by atoms with Crippen molar-refractivity contribution in [2.45, 2.75) is 39.0 Å². The van der Waals surface area contributed by atoms with Gasteiger partial charge < -0.3 is 4.90 Å². The Hall–Kier alpha value is -2.40. The Morgan fingerprint density at radius 3 is 2.16 bits per heavy atom. The average molecular weight is 549 g/mol. The molecule has 2 aromatic carbocycles. The third kappa shape index (κ3) is 7.56. The monoisotopic (exact) mass is 548 g/mol. The molecule has 7 nitrogen and oxygen atoms in total. The van der Waals surface area contributed by atoms with Gasteiger partial charge in [0, 0.05) is 25.2 Å². The van der Waals surface area contributed by atoms with Crippen molar-refractivity contribution in [2.75, 3.05) is 45.2 Å². The second-order valence-corrected chi connectivity index (χ2v) is 13.3. The maximum atomic E-state index is 13.7. The minimum atomic E-state index is -3.69. The predicted octanol–water partition coefficient (Wildman–Crippen LogP) is 5.34. The highest BCUT2D eigenvalue weighted by molar-refractivity contribution is 7.89. The van der Waals surface area contributed by atoms with Crippen LogP contribution in [0, 0.1) is 17.7 Å². The van der Waals surface area contributed by atoms with Crippen LogP contribution in [0.15, 0.2) is 47.4 Å². The third-order valence-corrected chi connectivity index (χ3v) is 8.57. The van der Waals surface area contributed by atoms with E-state index >= 15 is 0 Å². The van der Waals surface area contributed by atoms with Crippen molar-refractivity contribution in [3.05, 3.63) is 53.8 Å². The molecule has 10 heteroatoms. The number of amides is 1. The van der Waals surface area contributed by atoms with Gasteiger partial charge in [0.25, 0.3) is 5.91 Å². The van der Waals surface area contributed by atoms with Crippen LogP contribution < -0.4 is 4.90 Å². The number of hydrogen-bond acceptors (Lipinski definition) is 6. The van der Waals surface area contributed by atoms with Crippen LogP contribution >= 0.6 is 11.3 Å². The zero-order valence-electron chi connectivity index (χ0n) is 22.4. The fourth-order valence-corrected chi connectivity index (χ4v) is 6.77. The summed E-state index contributed by atoms with van der Waals surface area (Å²) in [5, 5.41) is 0.487. The first-order valence-electron chi connectivity index (χ1n) is 12.5. The molecule has 1 amide bonds. The van der Waals surface area contributed by atoms with Gasteiger partial charge in [-0.2, -0.15) is 4.31 Å². The lowest BCUT2D eigenvalue weighted by atomic mass is 10.2. The summed E-state index contributed by atoms with van der Waals surface area (Å²) in [5.41, 5.74) is 0.997. The summed E-state index contributed by atoms with van der Waals surface area (Å²) in [6.07, 6.45) is 0.717. The Bertz CT molecular complexity index is 1290. The number of sulfonamides is 1. The van der Waals surface area contributed by atoms with Crippen LogP contribution in [0.25, 0.3) is 10.2 Å². The number of nitrogens with zero attached hydrogens (tertiary/aromatic N) is 4. The number of carbonyl (C=O) groups is 1. The molecule has 0 unspecified atom stereocenters. The quantitative estimate of drug-likeness (QED) is 0.306. The summed E-state index contributed by atoms with van der Waals surface area (Å²) in [6, 6.07) is 10.5. The van der Waals surface area contributed by atoms with E-state index in [1.54, 1.807) is 23.1 Å². The van der Waals surface area contributed by atoms with E-state index in [0.29, 0.717) is 40.5 Å². The Kier molecular flexibility index (Phi) is 9.80. The second-order valence-electron chi connectivity index (χ2n) is 10.4. The molecule has 0 spiro atoms. The van der Waals surface area contributed by atoms with Crippen molar-refractivity contribution in [1.29, 1.82) is 0 Å². The zero-order valence-corrected chi connectivity index (χ0v) is 24.1. The first-order valence-corrected chi connectivity index (χ1v) is 14.8. The van der Waals surface area contributed by atoms with Gasteiger partial charge in [0.2, 0.25) is 10.0 Å². The minimum absolute atomic E-state index is 0.167. The van der Waals surface area contributed by atoms with Crippen LogP contribution in [0.1, 0.15) is 44.5 Å². The van der Waals surface area contributed by atoms with E-state index in [1.165, 1.54) is 39.9 Å². The first kappa shape index (κ1) is 29.2. The molecule has 0 saturated carbocycles. The van der Waals surface area contributed by atoms with Crippen LogP contribution in [0.5, 0.6) is 0 Å². The summed E-state index contributed by atoms with van der Waals surface area (Å²) in [5.74, 6) is -0.253. The van der Waals surface area contributed by atoms with Crippen LogP contribution in [0.3, 0.4) is 0 Å². The van der Waals surface area contributed by atoms with Crippen molar-refractivity contribution in [1.82, 2.24) is 14.2 Å². The van der Waals surface area contributed by atoms with E-state index in [-0.39, 0.29) is 28.5 Å². The molecule has 0 aliphatic rings. The van der Waals surface area contributed by atoms with Gasteiger partial charge in [-0.3, -0.25) is 9.69 Å². The first-order chi connectivity index (χ1) is 17.4. The molecule has 0 atom stereocenters. The highest BCUT2D eigenvalue weighted by atomic mass is 32.2. The van der Waals surface area contributed by atoms with E-state index < -0.39 is 10.0 Å². The molecule has 0 bridgehead atoms. The zero-order chi connectivity index (χ0) is 27.3. The Balaban J connectivity index is 1.90. The number of carbonyl (C=O) groups excluding carboxylic acids is 1. The number of hydrogen-bond donors (Lipinski definition) is 0. The van der Waals surface area contributed by atoms with Crippen LogP contribution in [0.2, 0.25) is 0 Å². The maximum absolute atomic E-state index is 13.7. The van der Waals surface area contributed by atoms with Crippen molar-refractivity contribution in [2.24, 2.45) is 11.8 Å². The summed E-state index contributed by atoms with van der Waals surface area (Å²) in [4.78, 5) is 22.0. The largest absolute Gasteiger partial charge is 0.309 e. The molecule has 0 radical (unpaired) electrons. The summed E-state index contributed by atoms with van der Waals surface area (Å²) < 4.78 is 42.6. The highest BCUT2D eigenvalue weighted by Gasteiger charge is 2.27. The number of halogens is 1. The third-order valence-electron chi connectivity index (χ3n) is 5.68. The van der Waals surface area contributed by atoms with Gasteiger partial charge in [0.15, 0.2) is 5.13 Å². The summed E-state index contributed by atoms with van der Waals surface area (Å²) in [6.45, 7) is 10.0. The van der Waals surface area contributed by atoms with Gasteiger partial charge in [-0.05, 0) is 81.4 Å². The molecule has 0 saturated heterocycles. The Morgan fingerprint density at radius 2 is 1.59 bits per heavy atom. The molecule has 1 heterocycles. The van der Waals surface area contributed by atoms with Gasteiger partial charge >= 0.3 is 0 Å². The van der Waals surface area contributed by atoms with Crippen molar-refractivity contribution in [3.63, 3.8) is 0 Å². The molecule has 0 aliphatic heterocycles. The fourth-order valence-electron chi connectivity index (χ4n) is 3.99. The lowest BCUT2D eigenvalue weighted by Crippen LogP contribution is -2.37. The van der Waals surface area contributed by atoms with Gasteiger partial charge in [0.05, 0.1) is 15.1 Å². The molecule has 0 fully saturated rings. The van der Waals surface area contributed by atoms with Gasteiger partial charge in [0.1, 0.15) is 5.82 Å². The van der Waals surface area contributed by atoms with E-state index in [4.69, 9.17) is 0 Å². The van der Waals surface area contributed by atoms with Gasteiger partial charge in [-0.15, -0.1) is 0 Å². The van der Waals surface area contributed by atoms with Crippen LogP contribution in [-0.2, 0) is 10.0 Å². The van der Waals surface area contributed by atoms with Crippen molar-refractivity contribution >= 4 is 42.6 Å². The maximum Gasteiger partial charge on any atom is 0.260 e. The molecule has 3 rings (SSSR count). The number of fused-ring (bicyclic) bond motifs is 1. The number of anilines is 1. The van der Waals surface area contributed by atoms with E-state index in [2.05, 4.69) is 4.98 Å². The van der Waals surface area contributed by atoms with Gasteiger partial charge in [-0.1, -0.05) is 39.0 Å². The van der Waals surface area contributed by atoms with Crippen molar-refractivity contribution in [3.8, 4) is 0 Å². The highest BCUT2D eigenvalue weighted by Crippen LogP contribution is 2.31. The van der Waals surface area contributed by atoms with Crippen LogP contribution in [-0.4, -0.2) is 68.8 Å². The molecule has 1 aromatic heterocycles. The fraction of sp³-hybridized carbons (Fsp3) is 0.481. The predicted molar refractivity (Wildman–Crippen MR) is 149 cm³/mol. The SMILES string of the molecule is CC(C)CN(CC(C)C)S(=O)(=O)c1ccc(C(=O)N(CCCN(C)C)c2nc3ccc(F)cc3s2)cc1. The Labute approximate surface area is 224 Å². The molecule has 37 heavy (non-hydrogen) atoms. The molecule has 0 aliphatic carbocycles. The number of aromatic nitrogens is 1. The molecule has 3 aromatic rings. The van der Waals surface area contributed by atoms with Crippen molar-refractivity contribution < 1.29 is 17.6 Å². The lowest BCUT2D eigenvalue weighted by molar-refractivity contribution is 0.0986. The summed E-state index contributed by atoms with van der Waals surface area (Å²) >= 11 is 1.26. The molecule has 0 N–H and O–H groups in total. The van der Waals surface area contributed by atoms with E-state index in [1.807, 2.05) is 46.7 Å². The normalized spacial score (nSPS) is 12.4. The number of rotatable bonds is 12. The second kappa shape index (κ2) is 12.4. The summed E-state index contributed by atoms with van der Waals surface area (Å²) in [7, 11) is 0.238. The minimum Gasteiger partial charge on any atom is -0.309 e. The standard InChI is InChI=1S/C27H37FN4O3S2/c1-19(2)17-31(18-20(3)4)37(34,35)23-11-8-21(9-12-23)26(33)32(15-7-14-30(5)6)27-29-24-13-10-22(28)16-25(24)36-27/h8-13,16,19-20H,7,14-15,17-18H2,1-6H3. The van der Waals surface area contributed by atoms with E-state index in [0.717, 1.165) is 13.0 Å². The van der Waals surface area contributed by atoms with Crippen LogP contribution in [0.4, 0.5) is 9.52 Å². The Morgan fingerprint density at radius 1 is 0.973 bits per heavy atom. The average Bonchev–Trinajstić information content (AvgIpc) is 3.23. The topological polar surface area (TPSA) is 73.8 Å². The lowest BCUT2D eigenvalue weighted by Gasteiger charge is -2.26. The van der Waals surface area contributed by atoms with Gasteiger partial charge in [-0.25, -0.2) is 17.8 Å². The number of benzene rings is 2. The number of thiazole rings is 1. The molecule has 202 valence electrons. The molecular weight excluding hydrogens is 511 g/mol. The van der Waals surface area contributed by atoms with E-state index in [9.17, 15) is 17.6 Å². The molecular formula is C27H37FN4O3S2.